The number of rotatable bonds is 6. The lowest BCUT2D eigenvalue weighted by Crippen LogP contribution is -2.11. The molecule has 0 aliphatic carbocycles. The molecule has 0 amide bonds. The van der Waals surface area contributed by atoms with E-state index in [0.717, 1.165) is 5.56 Å². The number of nitrogens with two attached hydrogens (primary N) is 1. The van der Waals surface area contributed by atoms with Crippen LogP contribution in [0.3, 0.4) is 0 Å². The van der Waals surface area contributed by atoms with E-state index in [1.54, 1.807) is 24.3 Å². The third-order valence-corrected chi connectivity index (χ3v) is 3.79. The molecule has 3 rings (SSSR count). The summed E-state index contributed by atoms with van der Waals surface area (Å²) in [6.07, 6.45) is 0.257. The Hall–Kier alpha value is -3.40. The van der Waals surface area contributed by atoms with Crippen LogP contribution in [0.5, 0.6) is 11.5 Å². The van der Waals surface area contributed by atoms with Gasteiger partial charge in [-0.2, -0.15) is 0 Å². The van der Waals surface area contributed by atoms with E-state index in [1.165, 1.54) is 0 Å². The molecule has 0 radical (unpaired) electrons. The lowest BCUT2D eigenvalue weighted by atomic mass is 10.0. The van der Waals surface area contributed by atoms with Crippen molar-refractivity contribution in [2.45, 2.75) is 6.42 Å². The minimum atomic E-state index is -0.0258. The van der Waals surface area contributed by atoms with Gasteiger partial charge in [0.1, 0.15) is 17.3 Å². The van der Waals surface area contributed by atoms with Gasteiger partial charge in [0, 0.05) is 12.0 Å². The first kappa shape index (κ1) is 16.5. The summed E-state index contributed by atoms with van der Waals surface area (Å²) in [6.45, 7) is 0. The van der Waals surface area contributed by atoms with Gasteiger partial charge in [-0.05, 0) is 29.8 Å². The molecule has 3 aromatic rings. The van der Waals surface area contributed by atoms with Crippen LogP contribution in [-0.2, 0) is 6.42 Å². The highest BCUT2D eigenvalue weighted by atomic mass is 16.5. The fraction of sp³-hybridized carbons (Fsp3) is 0.0476. The van der Waals surface area contributed by atoms with Crippen molar-refractivity contribution in [3.63, 3.8) is 0 Å². The molecule has 0 bridgehead atoms. The van der Waals surface area contributed by atoms with Gasteiger partial charge in [-0.3, -0.25) is 10.2 Å². The molecular weight excluding hydrogens is 312 g/mol. The molecule has 0 aliphatic rings. The average molecular weight is 330 g/mol. The second-order valence-corrected chi connectivity index (χ2v) is 5.62. The summed E-state index contributed by atoms with van der Waals surface area (Å²) in [5, 5.41) is 7.41. The Morgan fingerprint density at radius 3 is 2.20 bits per heavy atom. The SMILES string of the molecule is N=C(N)c1ccc(CC(=O)c2ccccc2Oc2ccccc2)cc1. The number of amidine groups is 1. The van der Waals surface area contributed by atoms with Gasteiger partial charge in [-0.1, -0.05) is 54.6 Å². The number of para-hydroxylation sites is 2. The molecular formula is C21H18N2O2. The second-order valence-electron chi connectivity index (χ2n) is 5.62. The Labute approximate surface area is 146 Å². The zero-order chi connectivity index (χ0) is 17.6. The molecule has 0 saturated carbocycles. The van der Waals surface area contributed by atoms with E-state index in [1.807, 2.05) is 54.6 Å². The van der Waals surface area contributed by atoms with Gasteiger partial charge in [0.05, 0.1) is 5.56 Å². The number of nitrogens with one attached hydrogen (secondary N) is 1. The quantitative estimate of drug-likeness (QED) is 0.404. The summed E-state index contributed by atoms with van der Waals surface area (Å²) in [7, 11) is 0. The first-order valence-corrected chi connectivity index (χ1v) is 7.92. The number of nitrogen functional groups attached to an aromatic ring is 1. The van der Waals surface area contributed by atoms with Crippen LogP contribution >= 0.6 is 0 Å². The molecule has 25 heavy (non-hydrogen) atoms. The van der Waals surface area contributed by atoms with Crippen LogP contribution in [0.1, 0.15) is 21.5 Å². The number of carbonyl (C=O) groups is 1. The molecule has 0 heterocycles. The highest BCUT2D eigenvalue weighted by Gasteiger charge is 2.13. The predicted molar refractivity (Wildman–Crippen MR) is 98.5 cm³/mol. The van der Waals surface area contributed by atoms with Gasteiger partial charge in [-0.15, -0.1) is 0 Å². The standard InChI is InChI=1S/C21H18N2O2/c22-21(23)16-12-10-15(11-13-16)14-19(24)18-8-4-5-9-20(18)25-17-6-2-1-3-7-17/h1-13H,14H2,(H3,22,23). The number of hydrogen-bond donors (Lipinski definition) is 2. The van der Waals surface area contributed by atoms with Crippen LogP contribution in [0.15, 0.2) is 78.9 Å². The maximum atomic E-state index is 12.7. The van der Waals surface area contributed by atoms with E-state index >= 15 is 0 Å². The van der Waals surface area contributed by atoms with E-state index in [4.69, 9.17) is 15.9 Å². The van der Waals surface area contributed by atoms with Crippen LogP contribution < -0.4 is 10.5 Å². The van der Waals surface area contributed by atoms with E-state index in [9.17, 15) is 4.79 Å². The summed E-state index contributed by atoms with van der Waals surface area (Å²) in [5.41, 5.74) is 7.50. The Kier molecular flexibility index (Phi) is 4.90. The fourth-order valence-corrected chi connectivity index (χ4v) is 2.48. The van der Waals surface area contributed by atoms with E-state index < -0.39 is 0 Å². The van der Waals surface area contributed by atoms with E-state index in [2.05, 4.69) is 0 Å². The summed E-state index contributed by atoms with van der Waals surface area (Å²) in [4.78, 5) is 12.7. The molecule has 124 valence electrons. The monoisotopic (exact) mass is 330 g/mol. The van der Waals surface area contributed by atoms with Crippen molar-refractivity contribution in [3.05, 3.63) is 95.6 Å². The van der Waals surface area contributed by atoms with Crippen molar-refractivity contribution in [1.82, 2.24) is 0 Å². The van der Waals surface area contributed by atoms with E-state index in [0.29, 0.717) is 22.6 Å². The van der Waals surface area contributed by atoms with Crippen LogP contribution in [0.2, 0.25) is 0 Å². The molecule has 3 aromatic carbocycles. The van der Waals surface area contributed by atoms with Crippen LogP contribution in [-0.4, -0.2) is 11.6 Å². The predicted octanol–water partition coefficient (Wildman–Crippen LogP) is 4.19. The van der Waals surface area contributed by atoms with Crippen molar-refractivity contribution < 1.29 is 9.53 Å². The lowest BCUT2D eigenvalue weighted by molar-refractivity contribution is 0.0991. The Morgan fingerprint density at radius 1 is 0.880 bits per heavy atom. The van der Waals surface area contributed by atoms with Gasteiger partial charge in [-0.25, -0.2) is 0 Å². The molecule has 0 saturated heterocycles. The largest absolute Gasteiger partial charge is 0.457 e. The van der Waals surface area contributed by atoms with E-state index in [-0.39, 0.29) is 18.0 Å². The van der Waals surface area contributed by atoms with Gasteiger partial charge < -0.3 is 10.5 Å². The van der Waals surface area contributed by atoms with Crippen molar-refractivity contribution >= 4 is 11.6 Å². The molecule has 4 heteroatoms. The number of Topliss-reactive ketones (excluding diaryl/α,β-unsaturated/α-hetero) is 1. The summed E-state index contributed by atoms with van der Waals surface area (Å²) in [5.74, 6) is 1.22. The lowest BCUT2D eigenvalue weighted by Gasteiger charge is -2.10. The maximum Gasteiger partial charge on any atom is 0.170 e. The molecule has 0 unspecified atom stereocenters. The second kappa shape index (κ2) is 7.45. The smallest absolute Gasteiger partial charge is 0.170 e. The molecule has 3 N–H and O–H groups in total. The van der Waals surface area contributed by atoms with Gasteiger partial charge in [0.15, 0.2) is 5.78 Å². The van der Waals surface area contributed by atoms with Crippen molar-refractivity contribution in [3.8, 4) is 11.5 Å². The number of ketones is 1. The molecule has 4 nitrogen and oxygen atoms in total. The minimum absolute atomic E-state index is 0.0134. The molecule has 0 spiro atoms. The summed E-state index contributed by atoms with van der Waals surface area (Å²) < 4.78 is 5.85. The number of carbonyl (C=O) groups excluding carboxylic acids is 1. The number of hydrogen-bond acceptors (Lipinski definition) is 3. The number of ether oxygens (including phenoxy) is 1. The summed E-state index contributed by atoms with van der Waals surface area (Å²) in [6, 6.07) is 23.7. The van der Waals surface area contributed by atoms with Gasteiger partial charge >= 0.3 is 0 Å². The van der Waals surface area contributed by atoms with Crippen molar-refractivity contribution in [2.75, 3.05) is 0 Å². The Balaban J connectivity index is 1.79. The van der Waals surface area contributed by atoms with Gasteiger partial charge in [0.2, 0.25) is 0 Å². The third kappa shape index (κ3) is 4.12. The van der Waals surface area contributed by atoms with Gasteiger partial charge in [0.25, 0.3) is 0 Å². The summed E-state index contributed by atoms with van der Waals surface area (Å²) >= 11 is 0. The third-order valence-electron chi connectivity index (χ3n) is 3.79. The minimum Gasteiger partial charge on any atom is -0.457 e. The molecule has 0 aliphatic heterocycles. The maximum absolute atomic E-state index is 12.7. The Morgan fingerprint density at radius 2 is 1.52 bits per heavy atom. The normalized spacial score (nSPS) is 10.2. The molecule has 0 fully saturated rings. The zero-order valence-corrected chi connectivity index (χ0v) is 13.6. The van der Waals surface area contributed by atoms with Crippen molar-refractivity contribution in [2.24, 2.45) is 5.73 Å². The topological polar surface area (TPSA) is 76.2 Å². The fourth-order valence-electron chi connectivity index (χ4n) is 2.48. The highest BCUT2D eigenvalue weighted by Crippen LogP contribution is 2.26. The first-order chi connectivity index (χ1) is 12.1. The average Bonchev–Trinajstić information content (AvgIpc) is 2.63. The van der Waals surface area contributed by atoms with Crippen molar-refractivity contribution in [1.29, 1.82) is 5.41 Å². The number of benzene rings is 3. The zero-order valence-electron chi connectivity index (χ0n) is 13.6. The Bertz CT molecular complexity index is 887. The molecule has 0 aromatic heterocycles. The van der Waals surface area contributed by atoms with Crippen LogP contribution in [0, 0.1) is 5.41 Å². The first-order valence-electron chi connectivity index (χ1n) is 7.92. The van der Waals surface area contributed by atoms with Crippen LogP contribution in [0.25, 0.3) is 0 Å². The highest BCUT2D eigenvalue weighted by molar-refractivity contribution is 6.00. The van der Waals surface area contributed by atoms with Crippen LogP contribution in [0.4, 0.5) is 0 Å². The molecule has 0 atom stereocenters.